The summed E-state index contributed by atoms with van der Waals surface area (Å²) in [7, 11) is -5.38. The number of hydrogen-bond donors (Lipinski definition) is 0. The Labute approximate surface area is 121 Å². The van der Waals surface area contributed by atoms with Crippen molar-refractivity contribution in [3.63, 3.8) is 0 Å². The van der Waals surface area contributed by atoms with Gasteiger partial charge in [0.25, 0.3) is 0 Å². The molecule has 0 bridgehead atoms. The predicted molar refractivity (Wildman–Crippen MR) is 63.3 cm³/mol. The molecular weight excluding hydrogens is 307 g/mol. The van der Waals surface area contributed by atoms with Gasteiger partial charge in [-0.15, -0.1) is 0 Å². The van der Waals surface area contributed by atoms with E-state index in [4.69, 9.17) is 14.2 Å². The zero-order chi connectivity index (χ0) is 16.4. The van der Waals surface area contributed by atoms with E-state index in [0.717, 1.165) is 13.8 Å². The molecule has 4 atom stereocenters. The van der Waals surface area contributed by atoms with Crippen molar-refractivity contribution in [3.8, 4) is 0 Å². The number of esters is 2. The van der Waals surface area contributed by atoms with Crippen LogP contribution in [0.4, 0.5) is 0 Å². The molecule has 0 aliphatic carbocycles. The van der Waals surface area contributed by atoms with Crippen LogP contribution in [0, 0.1) is 0 Å². The Hall–Kier alpha value is -1.25. The third-order valence-electron chi connectivity index (χ3n) is 2.57. The van der Waals surface area contributed by atoms with Gasteiger partial charge in [0.15, 0.2) is 12.2 Å². The summed E-state index contributed by atoms with van der Waals surface area (Å²) in [4.78, 5) is 43.5. The van der Waals surface area contributed by atoms with Crippen LogP contribution in [0.5, 0.6) is 0 Å². The molecule has 0 unspecified atom stereocenters. The maximum atomic E-state index is 11.1. The van der Waals surface area contributed by atoms with Crippen LogP contribution in [0.15, 0.2) is 12.2 Å². The Kier molecular flexibility index (Phi) is 5.66. The number of rotatable bonds is 4. The predicted octanol–water partition coefficient (Wildman–Crippen LogP) is -1.00. The largest absolute Gasteiger partial charge is 0.790 e. The van der Waals surface area contributed by atoms with Crippen molar-refractivity contribution < 1.29 is 42.7 Å². The van der Waals surface area contributed by atoms with Gasteiger partial charge in [0, 0.05) is 19.4 Å². The van der Waals surface area contributed by atoms with Crippen LogP contribution < -0.4 is 9.79 Å². The fraction of sp³-hybridized carbons (Fsp3) is 0.636. The molecule has 9 nitrogen and oxygen atoms in total. The number of hydrogen-bond acceptors (Lipinski definition) is 9. The standard InChI is InChI=1S/C11H17O9P/c1-5-9(18-7(3)12)6(2)17-11(20-21(14,15)16)10(5)19-8(4)13/h6,9-11H,1H2,2-4H3,(H2,14,15,16)/p-2/t6-,9+,10-,11-/m1/s1. The topological polar surface area (TPSA) is 134 Å². The Balaban J connectivity index is 3.01. The van der Waals surface area contributed by atoms with E-state index in [1.807, 2.05) is 0 Å². The average molecular weight is 322 g/mol. The fourth-order valence-electron chi connectivity index (χ4n) is 1.86. The Morgan fingerprint density at radius 3 is 2.10 bits per heavy atom. The zero-order valence-corrected chi connectivity index (χ0v) is 12.5. The summed E-state index contributed by atoms with van der Waals surface area (Å²) in [5.74, 6) is -1.41. The van der Waals surface area contributed by atoms with E-state index in [2.05, 4.69) is 11.1 Å². The highest BCUT2D eigenvalue weighted by molar-refractivity contribution is 7.43. The molecule has 0 amide bonds. The minimum atomic E-state index is -5.38. The van der Waals surface area contributed by atoms with Crippen LogP contribution >= 0.6 is 7.82 Å². The van der Waals surface area contributed by atoms with Gasteiger partial charge in [-0.05, 0) is 6.92 Å². The monoisotopic (exact) mass is 322 g/mol. The van der Waals surface area contributed by atoms with E-state index in [1.54, 1.807) is 0 Å². The molecule has 1 rings (SSSR count). The quantitative estimate of drug-likeness (QED) is 0.362. The molecule has 0 radical (unpaired) electrons. The van der Waals surface area contributed by atoms with E-state index in [1.165, 1.54) is 6.92 Å². The molecule has 21 heavy (non-hydrogen) atoms. The van der Waals surface area contributed by atoms with Gasteiger partial charge in [0.1, 0.15) is 0 Å². The minimum Gasteiger partial charge on any atom is -0.790 e. The van der Waals surface area contributed by atoms with Gasteiger partial charge in [-0.25, -0.2) is 0 Å². The van der Waals surface area contributed by atoms with Crippen molar-refractivity contribution in [3.05, 3.63) is 12.2 Å². The van der Waals surface area contributed by atoms with Gasteiger partial charge >= 0.3 is 11.9 Å². The van der Waals surface area contributed by atoms with E-state index in [9.17, 15) is 23.9 Å². The van der Waals surface area contributed by atoms with Crippen molar-refractivity contribution in [1.29, 1.82) is 0 Å². The third-order valence-corrected chi connectivity index (χ3v) is 3.04. The third kappa shape index (κ3) is 5.22. The molecule has 0 N–H and O–H groups in total. The molecule has 1 heterocycles. The molecular formula is C11H15O9P-2. The molecule has 1 aliphatic heterocycles. The highest BCUT2D eigenvalue weighted by Gasteiger charge is 2.43. The molecule has 0 aromatic heterocycles. The number of carbonyl (C=O) groups excluding carboxylic acids is 2. The second kappa shape index (κ2) is 6.67. The summed E-state index contributed by atoms with van der Waals surface area (Å²) in [5.41, 5.74) is 0.0533. The molecule has 1 saturated heterocycles. The molecule has 0 aromatic carbocycles. The molecule has 120 valence electrons. The molecule has 1 fully saturated rings. The maximum Gasteiger partial charge on any atom is 0.303 e. The van der Waals surface area contributed by atoms with Crippen molar-refractivity contribution in [2.75, 3.05) is 0 Å². The van der Waals surface area contributed by atoms with Crippen molar-refractivity contribution >= 4 is 19.8 Å². The lowest BCUT2D eigenvalue weighted by Crippen LogP contribution is -2.52. The van der Waals surface area contributed by atoms with Crippen LogP contribution in [0.3, 0.4) is 0 Å². The molecule has 0 aromatic rings. The van der Waals surface area contributed by atoms with Crippen LogP contribution in [-0.4, -0.2) is 36.5 Å². The van der Waals surface area contributed by atoms with Gasteiger partial charge in [-0.2, -0.15) is 0 Å². The van der Waals surface area contributed by atoms with Gasteiger partial charge in [-0.1, -0.05) is 6.58 Å². The summed E-state index contributed by atoms with van der Waals surface area (Å²) in [6.45, 7) is 7.29. The molecule has 1 aliphatic rings. The summed E-state index contributed by atoms with van der Waals surface area (Å²) in [5, 5.41) is 0. The van der Waals surface area contributed by atoms with E-state index >= 15 is 0 Å². The normalized spacial score (nSPS) is 29.9. The average Bonchev–Trinajstić information content (AvgIpc) is 2.27. The lowest BCUT2D eigenvalue weighted by Gasteiger charge is -2.43. The first-order valence-corrected chi connectivity index (χ1v) is 7.36. The smallest absolute Gasteiger partial charge is 0.303 e. The zero-order valence-electron chi connectivity index (χ0n) is 11.6. The number of ether oxygens (including phenoxy) is 3. The Morgan fingerprint density at radius 2 is 1.67 bits per heavy atom. The molecule has 0 saturated carbocycles. The van der Waals surface area contributed by atoms with Crippen LogP contribution in [0.25, 0.3) is 0 Å². The minimum absolute atomic E-state index is 0.0533. The van der Waals surface area contributed by atoms with Crippen molar-refractivity contribution in [1.82, 2.24) is 0 Å². The SMILES string of the molecule is C=C1[C@@H](OC(C)=O)[C@@H](OP(=O)([O-])[O-])O[C@H](C)[C@H]1OC(C)=O. The van der Waals surface area contributed by atoms with E-state index < -0.39 is 44.4 Å². The first-order valence-electron chi connectivity index (χ1n) is 5.90. The first kappa shape index (κ1) is 17.8. The van der Waals surface area contributed by atoms with Crippen molar-refractivity contribution in [2.24, 2.45) is 0 Å². The summed E-state index contributed by atoms with van der Waals surface area (Å²) in [6.07, 6.45) is -4.88. The number of phosphoric ester groups is 1. The first-order chi connectivity index (χ1) is 9.51. The highest BCUT2D eigenvalue weighted by Crippen LogP contribution is 2.36. The van der Waals surface area contributed by atoms with Crippen LogP contribution in [-0.2, 0) is 32.9 Å². The van der Waals surface area contributed by atoms with E-state index in [0.29, 0.717) is 0 Å². The second-order valence-electron chi connectivity index (χ2n) is 4.40. The highest BCUT2D eigenvalue weighted by atomic mass is 31.2. The lowest BCUT2D eigenvalue weighted by atomic mass is 9.97. The Morgan fingerprint density at radius 1 is 1.19 bits per heavy atom. The summed E-state index contributed by atoms with van der Waals surface area (Å²) >= 11 is 0. The second-order valence-corrected chi connectivity index (χ2v) is 5.50. The maximum absolute atomic E-state index is 11.1. The van der Waals surface area contributed by atoms with Gasteiger partial charge in [-0.3, -0.25) is 9.59 Å². The summed E-state index contributed by atoms with van der Waals surface area (Å²) < 4.78 is 29.9. The fourth-order valence-corrected chi connectivity index (χ4v) is 2.27. The van der Waals surface area contributed by atoms with Crippen molar-refractivity contribution in [2.45, 2.75) is 45.4 Å². The molecule has 0 spiro atoms. The molecule has 10 heteroatoms. The number of phosphoric acid groups is 1. The van der Waals surface area contributed by atoms with Crippen LogP contribution in [0.2, 0.25) is 0 Å². The van der Waals surface area contributed by atoms with Gasteiger partial charge in [0.2, 0.25) is 6.29 Å². The van der Waals surface area contributed by atoms with Gasteiger partial charge < -0.3 is 33.1 Å². The van der Waals surface area contributed by atoms with Crippen LogP contribution in [0.1, 0.15) is 20.8 Å². The van der Waals surface area contributed by atoms with Gasteiger partial charge in [0.05, 0.1) is 13.9 Å². The summed E-state index contributed by atoms with van der Waals surface area (Å²) in [6, 6.07) is 0. The lowest BCUT2D eigenvalue weighted by molar-refractivity contribution is -0.360. The number of carbonyl (C=O) groups is 2. The van der Waals surface area contributed by atoms with E-state index in [-0.39, 0.29) is 5.57 Å². The Bertz CT molecular complexity index is 482.